The maximum atomic E-state index is 11.8. The van der Waals surface area contributed by atoms with Gasteiger partial charge in [0.2, 0.25) is 11.8 Å². The summed E-state index contributed by atoms with van der Waals surface area (Å²) in [5.41, 5.74) is 0.483. The summed E-state index contributed by atoms with van der Waals surface area (Å²) >= 11 is 5.75. The van der Waals surface area contributed by atoms with Crippen LogP contribution in [0.4, 0.5) is 0 Å². The third-order valence-corrected chi connectivity index (χ3v) is 3.62. The van der Waals surface area contributed by atoms with Crippen LogP contribution in [0.2, 0.25) is 5.02 Å². The minimum Gasteiger partial charge on any atom is -0.354 e. The van der Waals surface area contributed by atoms with Gasteiger partial charge in [0, 0.05) is 30.1 Å². The molecule has 0 bridgehead atoms. The van der Waals surface area contributed by atoms with Crippen molar-refractivity contribution in [3.05, 3.63) is 34.9 Å². The molecule has 0 aliphatic carbocycles. The van der Waals surface area contributed by atoms with Gasteiger partial charge in [-0.15, -0.1) is 0 Å². The maximum absolute atomic E-state index is 11.8. The van der Waals surface area contributed by atoms with Gasteiger partial charge < -0.3 is 16.0 Å². The highest BCUT2D eigenvalue weighted by Gasteiger charge is 2.23. The summed E-state index contributed by atoms with van der Waals surface area (Å²) in [6.07, 6.45) is 1.63. The molecule has 1 aromatic carbocycles. The summed E-state index contributed by atoms with van der Waals surface area (Å²) in [6, 6.07) is 6.03. The SMILES string of the molecule is O=C(CCNC(=O)c1ccc(Cl)cc1)N[C@H]1CCCNC1=O. The van der Waals surface area contributed by atoms with Gasteiger partial charge in [0.15, 0.2) is 0 Å². The third kappa shape index (κ3) is 4.73. The molecule has 7 heteroatoms. The predicted octanol–water partition coefficient (Wildman–Crippen LogP) is 0.855. The molecule has 1 aliphatic heterocycles. The number of benzene rings is 1. The molecular weight excluding hydrogens is 306 g/mol. The van der Waals surface area contributed by atoms with Crippen LogP contribution in [0.3, 0.4) is 0 Å². The second-order valence-corrected chi connectivity index (χ2v) is 5.50. The van der Waals surface area contributed by atoms with Crippen molar-refractivity contribution in [1.82, 2.24) is 16.0 Å². The molecule has 1 aromatic rings. The van der Waals surface area contributed by atoms with E-state index in [1.165, 1.54) is 0 Å². The van der Waals surface area contributed by atoms with Crippen molar-refractivity contribution in [3.8, 4) is 0 Å². The molecule has 0 aromatic heterocycles. The zero-order valence-electron chi connectivity index (χ0n) is 12.0. The fraction of sp³-hybridized carbons (Fsp3) is 0.400. The smallest absolute Gasteiger partial charge is 0.251 e. The van der Waals surface area contributed by atoms with E-state index in [2.05, 4.69) is 16.0 Å². The van der Waals surface area contributed by atoms with Crippen molar-refractivity contribution in [2.45, 2.75) is 25.3 Å². The lowest BCUT2D eigenvalue weighted by Gasteiger charge is -2.22. The Balaban J connectivity index is 1.71. The molecule has 22 heavy (non-hydrogen) atoms. The first-order chi connectivity index (χ1) is 10.6. The topological polar surface area (TPSA) is 87.3 Å². The number of hydrogen-bond acceptors (Lipinski definition) is 3. The Morgan fingerprint density at radius 3 is 2.68 bits per heavy atom. The van der Waals surface area contributed by atoms with Gasteiger partial charge in [-0.1, -0.05) is 11.6 Å². The molecule has 0 radical (unpaired) electrons. The average molecular weight is 324 g/mol. The molecule has 118 valence electrons. The standard InChI is InChI=1S/C15H18ClN3O3/c16-11-5-3-10(4-6-11)14(21)18-9-7-13(20)19-12-2-1-8-17-15(12)22/h3-6,12H,1-2,7-9H2,(H,17,22)(H,18,21)(H,19,20)/t12-/m0/s1. The molecule has 1 heterocycles. The van der Waals surface area contributed by atoms with E-state index in [4.69, 9.17) is 11.6 Å². The van der Waals surface area contributed by atoms with E-state index in [1.54, 1.807) is 24.3 Å². The highest BCUT2D eigenvalue weighted by molar-refractivity contribution is 6.30. The zero-order valence-corrected chi connectivity index (χ0v) is 12.8. The van der Waals surface area contributed by atoms with Crippen LogP contribution in [0.1, 0.15) is 29.6 Å². The fourth-order valence-corrected chi connectivity index (χ4v) is 2.30. The first-order valence-electron chi connectivity index (χ1n) is 7.17. The van der Waals surface area contributed by atoms with Gasteiger partial charge in [-0.2, -0.15) is 0 Å². The Bertz CT molecular complexity index is 560. The number of nitrogens with one attached hydrogen (secondary N) is 3. The maximum Gasteiger partial charge on any atom is 0.251 e. The van der Waals surface area contributed by atoms with Gasteiger partial charge in [0.05, 0.1) is 0 Å². The van der Waals surface area contributed by atoms with Crippen molar-refractivity contribution >= 4 is 29.3 Å². The average Bonchev–Trinajstić information content (AvgIpc) is 2.50. The number of hydrogen-bond donors (Lipinski definition) is 3. The number of piperidine rings is 1. The lowest BCUT2D eigenvalue weighted by Crippen LogP contribution is -2.50. The van der Waals surface area contributed by atoms with Crippen LogP contribution in [-0.2, 0) is 9.59 Å². The molecule has 1 saturated heterocycles. The lowest BCUT2D eigenvalue weighted by molar-refractivity contribution is -0.130. The third-order valence-electron chi connectivity index (χ3n) is 3.36. The summed E-state index contributed by atoms with van der Waals surface area (Å²) in [5, 5.41) is 8.58. The Morgan fingerprint density at radius 1 is 1.27 bits per heavy atom. The van der Waals surface area contributed by atoms with Crippen LogP contribution in [0, 0.1) is 0 Å². The normalized spacial score (nSPS) is 17.5. The van der Waals surface area contributed by atoms with Crippen molar-refractivity contribution in [2.75, 3.05) is 13.1 Å². The summed E-state index contributed by atoms with van der Waals surface area (Å²) in [4.78, 5) is 35.1. The molecule has 0 spiro atoms. The van der Waals surface area contributed by atoms with E-state index >= 15 is 0 Å². The van der Waals surface area contributed by atoms with E-state index in [-0.39, 0.29) is 30.7 Å². The second-order valence-electron chi connectivity index (χ2n) is 5.07. The Morgan fingerprint density at radius 2 is 2.00 bits per heavy atom. The summed E-state index contributed by atoms with van der Waals surface area (Å²) < 4.78 is 0. The Kier molecular flexibility index (Phi) is 5.77. The quantitative estimate of drug-likeness (QED) is 0.751. The van der Waals surface area contributed by atoms with E-state index in [0.717, 1.165) is 6.42 Å². The fourth-order valence-electron chi connectivity index (χ4n) is 2.17. The molecule has 6 nitrogen and oxygen atoms in total. The Hall–Kier alpha value is -2.08. The van der Waals surface area contributed by atoms with Crippen LogP contribution in [0.5, 0.6) is 0 Å². The monoisotopic (exact) mass is 323 g/mol. The van der Waals surface area contributed by atoms with Crippen molar-refractivity contribution in [1.29, 1.82) is 0 Å². The van der Waals surface area contributed by atoms with Gasteiger partial charge in [0.25, 0.3) is 5.91 Å². The molecule has 0 saturated carbocycles. The molecule has 3 amide bonds. The van der Waals surface area contributed by atoms with Gasteiger partial charge >= 0.3 is 0 Å². The number of amides is 3. The highest BCUT2D eigenvalue weighted by atomic mass is 35.5. The van der Waals surface area contributed by atoms with Gasteiger partial charge in [0.1, 0.15) is 6.04 Å². The van der Waals surface area contributed by atoms with Crippen molar-refractivity contribution < 1.29 is 14.4 Å². The lowest BCUT2D eigenvalue weighted by atomic mass is 10.1. The summed E-state index contributed by atoms with van der Waals surface area (Å²) in [5.74, 6) is -0.664. The molecule has 1 fully saturated rings. The molecule has 2 rings (SSSR count). The van der Waals surface area contributed by atoms with Crippen molar-refractivity contribution in [3.63, 3.8) is 0 Å². The van der Waals surface area contributed by atoms with E-state index in [9.17, 15) is 14.4 Å². The van der Waals surface area contributed by atoms with Crippen LogP contribution >= 0.6 is 11.6 Å². The van der Waals surface area contributed by atoms with E-state index < -0.39 is 6.04 Å². The van der Waals surface area contributed by atoms with Gasteiger partial charge in [-0.3, -0.25) is 14.4 Å². The van der Waals surface area contributed by atoms with Crippen LogP contribution < -0.4 is 16.0 Å². The second kappa shape index (κ2) is 7.79. The summed E-state index contributed by atoms with van der Waals surface area (Å²) in [6.45, 7) is 0.865. The van der Waals surface area contributed by atoms with Crippen LogP contribution in [0.25, 0.3) is 0 Å². The van der Waals surface area contributed by atoms with E-state index in [0.29, 0.717) is 23.6 Å². The van der Waals surface area contributed by atoms with E-state index in [1.807, 2.05) is 0 Å². The molecule has 1 atom stereocenters. The van der Waals surface area contributed by atoms with Crippen molar-refractivity contribution in [2.24, 2.45) is 0 Å². The number of carbonyl (C=O) groups is 3. The molecule has 1 aliphatic rings. The van der Waals surface area contributed by atoms with Crippen LogP contribution in [-0.4, -0.2) is 36.9 Å². The Labute approximate surface area is 133 Å². The van der Waals surface area contributed by atoms with Crippen LogP contribution in [0.15, 0.2) is 24.3 Å². The molecule has 0 unspecified atom stereocenters. The molecular formula is C15H18ClN3O3. The largest absolute Gasteiger partial charge is 0.354 e. The minimum atomic E-state index is -0.465. The molecule has 3 N–H and O–H groups in total. The number of halogens is 1. The number of carbonyl (C=O) groups excluding carboxylic acids is 3. The first kappa shape index (κ1) is 16.3. The minimum absolute atomic E-state index is 0.128. The predicted molar refractivity (Wildman–Crippen MR) is 82.6 cm³/mol. The summed E-state index contributed by atoms with van der Waals surface area (Å²) in [7, 11) is 0. The highest BCUT2D eigenvalue weighted by Crippen LogP contribution is 2.09. The first-order valence-corrected chi connectivity index (χ1v) is 7.55. The zero-order chi connectivity index (χ0) is 15.9. The number of rotatable bonds is 5. The van der Waals surface area contributed by atoms with Gasteiger partial charge in [-0.25, -0.2) is 0 Å². The van der Waals surface area contributed by atoms with Gasteiger partial charge in [-0.05, 0) is 37.1 Å².